The van der Waals surface area contributed by atoms with E-state index in [1.807, 2.05) is 0 Å². The Hall–Kier alpha value is -6.44. The average molecular weight is 651 g/mol. The molecule has 0 saturated heterocycles. The monoisotopic (exact) mass is 650 g/mol. The molecule has 0 radical (unpaired) electrons. The molecule has 228 valence electrons. The van der Waals surface area contributed by atoms with Crippen LogP contribution in [0.1, 0.15) is 38.4 Å². The molecule has 0 N–H and O–H groups in total. The van der Waals surface area contributed by atoms with E-state index in [0.717, 1.165) is 0 Å². The zero-order chi connectivity index (χ0) is 56.7. The van der Waals surface area contributed by atoms with Crippen LogP contribution >= 0.6 is 0 Å². The fourth-order valence-electron chi connectivity index (χ4n) is 5.86. The molecule has 9 aromatic carbocycles. The summed E-state index contributed by atoms with van der Waals surface area (Å²) in [6.07, 6.45) is 0. The van der Waals surface area contributed by atoms with Gasteiger partial charge < -0.3 is 4.42 Å². The highest BCUT2D eigenvalue weighted by Crippen LogP contribution is 2.45. The maximum absolute atomic E-state index is 9.86. The Morgan fingerprint density at radius 1 is 0.327 bits per heavy atom. The van der Waals surface area contributed by atoms with Gasteiger partial charge in [0.15, 0.2) is 0 Å². The van der Waals surface area contributed by atoms with E-state index in [1.165, 1.54) is 12.1 Å². The van der Waals surface area contributed by atoms with Gasteiger partial charge in [-0.25, -0.2) is 0 Å². The Bertz CT molecular complexity index is 4340. The molecule has 0 spiro atoms. The van der Waals surface area contributed by atoms with Crippen molar-refractivity contribution >= 4 is 54.3 Å². The predicted octanol–water partition coefficient (Wildman–Crippen LogP) is 13.7. The highest BCUT2D eigenvalue weighted by molar-refractivity contribution is 6.22. The lowest BCUT2D eigenvalue weighted by Crippen LogP contribution is -1.91. The molecule has 1 heterocycles. The van der Waals surface area contributed by atoms with Gasteiger partial charge in [-0.15, -0.1) is 0 Å². The lowest BCUT2D eigenvalue weighted by molar-refractivity contribution is 0.669. The molecule has 0 aliphatic rings. The van der Waals surface area contributed by atoms with Gasteiger partial charge in [-0.05, 0) is 101 Å². The van der Waals surface area contributed by atoms with Crippen LogP contribution in [0.2, 0.25) is 0 Å². The molecular weight excluding hydrogens is 593 g/mol. The van der Waals surface area contributed by atoms with Crippen molar-refractivity contribution in [3.63, 3.8) is 0 Å². The number of fused-ring (bicyclic) bond motifs is 6. The van der Waals surface area contributed by atoms with Gasteiger partial charge in [0.2, 0.25) is 0 Å². The third-order valence-corrected chi connectivity index (χ3v) is 7.98. The zero-order valence-electron chi connectivity index (χ0n) is 52.6. The van der Waals surface area contributed by atoms with Crippen molar-refractivity contribution in [3.8, 4) is 44.5 Å². The van der Waals surface area contributed by atoms with E-state index >= 15 is 0 Å². The van der Waals surface area contributed by atoms with Crippen molar-refractivity contribution in [2.24, 2.45) is 0 Å². The second-order valence-corrected chi connectivity index (χ2v) is 10.7. The number of rotatable bonds is 4. The summed E-state index contributed by atoms with van der Waals surface area (Å²) in [5.74, 6) is 0. The van der Waals surface area contributed by atoms with E-state index in [0.29, 0.717) is 0 Å². The molecule has 1 aromatic heterocycles. The van der Waals surface area contributed by atoms with Gasteiger partial charge in [0.25, 0.3) is 0 Å². The normalized spacial score (nSPS) is 19.7. The van der Waals surface area contributed by atoms with Gasteiger partial charge in [0.1, 0.15) is 11.2 Å². The number of furan rings is 1. The van der Waals surface area contributed by atoms with Crippen LogP contribution in [-0.2, 0) is 0 Å². The van der Waals surface area contributed by atoms with Gasteiger partial charge in [-0.2, -0.15) is 0 Å². The van der Waals surface area contributed by atoms with Crippen molar-refractivity contribution < 1.29 is 42.8 Å². The molecule has 0 fully saturated rings. The maximum Gasteiger partial charge on any atom is 0.135 e. The van der Waals surface area contributed by atoms with Crippen LogP contribution in [0.25, 0.3) is 98.8 Å². The summed E-state index contributed by atoms with van der Waals surface area (Å²) in [5, 5.41) is -4.37. The third kappa shape index (κ3) is 4.47. The molecule has 1 heteroatoms. The van der Waals surface area contributed by atoms with E-state index in [9.17, 15) is 13.7 Å². The van der Waals surface area contributed by atoms with E-state index < -0.39 is 246 Å². The first kappa shape index (κ1) is 11.6. The van der Waals surface area contributed by atoms with Gasteiger partial charge >= 0.3 is 0 Å². The highest BCUT2D eigenvalue weighted by atomic mass is 16.3. The summed E-state index contributed by atoms with van der Waals surface area (Å²) in [6, 6.07) is -22.1. The van der Waals surface area contributed by atoms with E-state index in [2.05, 4.69) is 0 Å². The smallest absolute Gasteiger partial charge is 0.135 e. The van der Waals surface area contributed by atoms with Crippen molar-refractivity contribution in [2.75, 3.05) is 0 Å². The molecule has 0 amide bonds. The molecule has 1 nitrogen and oxygen atoms in total. The van der Waals surface area contributed by atoms with Gasteiger partial charge in [0.05, 0.1) is 38.4 Å². The first-order valence-electron chi connectivity index (χ1n) is 28.6. The van der Waals surface area contributed by atoms with E-state index in [1.54, 1.807) is 0 Å². The summed E-state index contributed by atoms with van der Waals surface area (Å²) in [4.78, 5) is 0. The summed E-state index contributed by atoms with van der Waals surface area (Å²) < 4.78 is 256. The lowest BCUT2D eigenvalue weighted by atomic mass is 9.85. The summed E-state index contributed by atoms with van der Waals surface area (Å²) in [5.41, 5.74) is -5.76. The molecule has 0 saturated carbocycles. The first-order valence-corrected chi connectivity index (χ1v) is 14.6. The first-order chi connectivity index (χ1) is 36.0. The van der Waals surface area contributed by atoms with Crippen LogP contribution < -0.4 is 0 Å². The highest BCUT2D eigenvalue weighted by Gasteiger charge is 2.18. The minimum absolute atomic E-state index is 0.222. The molecule has 0 atom stereocenters. The summed E-state index contributed by atoms with van der Waals surface area (Å²) >= 11 is 0. The van der Waals surface area contributed by atoms with Crippen molar-refractivity contribution in [1.82, 2.24) is 0 Å². The van der Waals surface area contributed by atoms with Gasteiger partial charge in [-0.3, -0.25) is 0 Å². The minimum Gasteiger partial charge on any atom is -0.456 e. The van der Waals surface area contributed by atoms with E-state index in [4.69, 9.17) is 29.1 Å². The Balaban J connectivity index is 1.40. The maximum atomic E-state index is 9.86. The predicted molar refractivity (Wildman–Crippen MR) is 208 cm³/mol. The molecular formula is C48H30O. The Morgan fingerprint density at radius 2 is 0.857 bits per heavy atom. The van der Waals surface area contributed by atoms with Crippen LogP contribution in [0.3, 0.4) is 0 Å². The Morgan fingerprint density at radius 3 is 1.57 bits per heavy atom. The average Bonchev–Trinajstić information content (AvgIpc) is 3.82. The molecule has 49 heavy (non-hydrogen) atoms. The third-order valence-electron chi connectivity index (χ3n) is 7.98. The Labute approximate surface area is 323 Å². The number of hydrogen-bond acceptors (Lipinski definition) is 1. The fourth-order valence-corrected chi connectivity index (χ4v) is 5.86. The molecule has 0 aliphatic heterocycles. The number of hydrogen-bond donors (Lipinski definition) is 0. The second-order valence-electron chi connectivity index (χ2n) is 10.7. The molecule has 10 rings (SSSR count). The van der Waals surface area contributed by atoms with Crippen LogP contribution in [0.5, 0.6) is 0 Å². The largest absolute Gasteiger partial charge is 0.456 e. The van der Waals surface area contributed by atoms with Crippen molar-refractivity contribution in [1.29, 1.82) is 0 Å². The van der Waals surface area contributed by atoms with Crippen LogP contribution in [0, 0.1) is 0 Å². The SMILES string of the molecule is [2H]c1c([2H])c([2H])c(-c2c([2H])c([2H])c3oc4ccc(-c5c6c([2H])c([2H])c([2H])c([2H])c6c(-c6c([2H])c([2H])c(-c7c([2H])c([2H])c([2H])c8c([2H])c([2H])c([2H])c([2H])c78)c([2H])c6[2H])c6c([2H])c([2H])c([2H])c([2H])c56)c([2H])c4c3c2[2H])c([2H])c1[2H]. The van der Waals surface area contributed by atoms with Crippen LogP contribution in [0.4, 0.5) is 0 Å². The second kappa shape index (κ2) is 11.1. The zero-order valence-corrected chi connectivity index (χ0v) is 24.6. The summed E-state index contributed by atoms with van der Waals surface area (Å²) in [7, 11) is 0. The Kier molecular flexibility index (Phi) is 2.63. The van der Waals surface area contributed by atoms with Crippen LogP contribution in [0.15, 0.2) is 186 Å². The lowest BCUT2D eigenvalue weighted by Gasteiger charge is -2.18. The van der Waals surface area contributed by atoms with Crippen LogP contribution in [-0.4, -0.2) is 0 Å². The molecule has 0 unspecified atom stereocenters. The van der Waals surface area contributed by atoms with E-state index in [-0.39, 0.29) is 21.9 Å². The topological polar surface area (TPSA) is 13.1 Å². The van der Waals surface area contributed by atoms with Crippen molar-refractivity contribution in [2.45, 2.75) is 0 Å². The quantitative estimate of drug-likeness (QED) is 0.173. The number of benzene rings is 9. The molecule has 0 bridgehead atoms. The fraction of sp³-hybridized carbons (Fsp3) is 0. The van der Waals surface area contributed by atoms with Gasteiger partial charge in [-0.1, -0.05) is 157 Å². The van der Waals surface area contributed by atoms with Crippen molar-refractivity contribution in [3.05, 3.63) is 181 Å². The summed E-state index contributed by atoms with van der Waals surface area (Å²) in [6.45, 7) is 0. The molecule has 0 aliphatic carbocycles. The van der Waals surface area contributed by atoms with Gasteiger partial charge in [0, 0.05) is 10.8 Å². The minimum atomic E-state index is -1.06. The molecule has 10 aromatic rings. The standard InChI is InChI=1S/C48H30O/c1-2-11-31(12-3-1)35-25-27-45-43(29-35)44-30-36(26-28-46(44)49-45)48-41-18-8-6-16-39(41)47(40-17-7-9-19-42(40)48)34-23-21-33(22-24-34)38-20-10-14-32-13-4-5-15-37(32)38/h1-30H/i1D,2D,3D,4D,5D,6D,7D,8D,9D,10D,11D,12D,13D,14D,15D,16D,17D,18D,19D,20D,21D,22D,23D,24D,25D,27D,29D,30D.